The number of halogens is 1. The van der Waals surface area contributed by atoms with E-state index >= 15 is 0 Å². The molecule has 4 nitrogen and oxygen atoms in total. The van der Waals surface area contributed by atoms with Gasteiger partial charge in [0.2, 0.25) is 0 Å². The number of nitrogens with zero attached hydrogens (tertiary/aromatic N) is 3. The fourth-order valence-corrected chi connectivity index (χ4v) is 4.63. The summed E-state index contributed by atoms with van der Waals surface area (Å²) in [6.45, 7) is 3.92. The average molecular weight is 440 g/mol. The number of anilines is 1. The molecular formula is C23H26BrN3O. The van der Waals surface area contributed by atoms with Crippen molar-refractivity contribution in [1.29, 1.82) is 0 Å². The zero-order valence-corrected chi connectivity index (χ0v) is 17.9. The Labute approximate surface area is 174 Å². The normalized spacial score (nSPS) is 14.8. The van der Waals surface area contributed by atoms with Crippen molar-refractivity contribution in [2.75, 3.05) is 25.0 Å². The van der Waals surface area contributed by atoms with Crippen molar-refractivity contribution in [1.82, 2.24) is 9.47 Å². The molecular weight excluding hydrogens is 414 g/mol. The topological polar surface area (TPSA) is 28.5 Å². The molecule has 5 heteroatoms. The average Bonchev–Trinajstić information content (AvgIpc) is 2.71. The van der Waals surface area contributed by atoms with E-state index in [1.165, 1.54) is 43.6 Å². The number of rotatable bonds is 5. The minimum atomic E-state index is 0.0588. The molecule has 2 aromatic carbocycles. The van der Waals surface area contributed by atoms with Crippen molar-refractivity contribution in [3.05, 3.63) is 75.0 Å². The lowest BCUT2D eigenvalue weighted by molar-refractivity contribution is 0.264. The lowest BCUT2D eigenvalue weighted by Gasteiger charge is -2.29. The third-order valence-corrected chi connectivity index (χ3v) is 6.09. The number of hydrogen-bond acceptors (Lipinski definition) is 3. The van der Waals surface area contributed by atoms with Crippen molar-refractivity contribution < 1.29 is 0 Å². The standard InChI is InChI=1S/C23H26BrN3O/c1-25(16-18-8-10-19(11-9-18)26-13-3-2-4-14-26)17-27-15-12-22(28)20-6-5-7-21(24)23(20)27/h5-12,15H,2-4,13-14,16-17H2,1H3. The molecule has 1 fully saturated rings. The van der Waals surface area contributed by atoms with Crippen LogP contribution < -0.4 is 10.3 Å². The molecule has 28 heavy (non-hydrogen) atoms. The summed E-state index contributed by atoms with van der Waals surface area (Å²) in [6, 6.07) is 16.4. The van der Waals surface area contributed by atoms with Crippen LogP contribution >= 0.6 is 15.9 Å². The molecule has 1 aliphatic rings. The molecule has 0 aliphatic carbocycles. The Bertz CT molecular complexity index is 1010. The molecule has 0 saturated carbocycles. The number of hydrogen-bond donors (Lipinski definition) is 0. The lowest BCUT2D eigenvalue weighted by atomic mass is 10.1. The largest absolute Gasteiger partial charge is 0.372 e. The van der Waals surface area contributed by atoms with Gasteiger partial charge in [-0.2, -0.15) is 0 Å². The highest BCUT2D eigenvalue weighted by atomic mass is 79.9. The second kappa shape index (κ2) is 8.50. The van der Waals surface area contributed by atoms with E-state index in [0.29, 0.717) is 6.67 Å². The Balaban J connectivity index is 1.47. The minimum Gasteiger partial charge on any atom is -0.372 e. The van der Waals surface area contributed by atoms with Crippen LogP contribution in [-0.4, -0.2) is 29.6 Å². The number of para-hydroxylation sites is 1. The van der Waals surface area contributed by atoms with Crippen LogP contribution in [-0.2, 0) is 13.2 Å². The number of benzene rings is 2. The molecule has 2 heterocycles. The quantitative estimate of drug-likeness (QED) is 0.568. The van der Waals surface area contributed by atoms with E-state index in [1.807, 2.05) is 24.4 Å². The zero-order valence-electron chi connectivity index (χ0n) is 16.3. The predicted octanol–water partition coefficient (Wildman–Crippen LogP) is 4.84. The predicted molar refractivity (Wildman–Crippen MR) is 120 cm³/mol. The molecule has 0 amide bonds. The van der Waals surface area contributed by atoms with Gasteiger partial charge in [0, 0.05) is 47.4 Å². The second-order valence-electron chi connectivity index (χ2n) is 7.66. The van der Waals surface area contributed by atoms with E-state index in [2.05, 4.69) is 61.6 Å². The zero-order chi connectivity index (χ0) is 19.5. The van der Waals surface area contributed by atoms with Crippen LogP contribution in [0.3, 0.4) is 0 Å². The summed E-state index contributed by atoms with van der Waals surface area (Å²) >= 11 is 3.60. The van der Waals surface area contributed by atoms with Gasteiger partial charge in [-0.3, -0.25) is 9.69 Å². The van der Waals surface area contributed by atoms with E-state index in [1.54, 1.807) is 6.07 Å². The molecule has 146 valence electrons. The molecule has 0 bridgehead atoms. The van der Waals surface area contributed by atoms with Gasteiger partial charge in [0.1, 0.15) is 0 Å². The van der Waals surface area contributed by atoms with Gasteiger partial charge in [-0.05, 0) is 72.1 Å². The van der Waals surface area contributed by atoms with Gasteiger partial charge in [-0.15, -0.1) is 0 Å². The molecule has 0 atom stereocenters. The maximum Gasteiger partial charge on any atom is 0.189 e. The van der Waals surface area contributed by atoms with E-state index in [0.717, 1.165) is 21.9 Å². The molecule has 4 rings (SSSR count). The first-order chi connectivity index (χ1) is 13.6. The van der Waals surface area contributed by atoms with Crippen LogP contribution in [0.4, 0.5) is 5.69 Å². The highest BCUT2D eigenvalue weighted by Crippen LogP contribution is 2.23. The highest BCUT2D eigenvalue weighted by Gasteiger charge is 2.11. The maximum absolute atomic E-state index is 12.2. The third-order valence-electron chi connectivity index (χ3n) is 5.45. The van der Waals surface area contributed by atoms with Crippen LogP contribution in [0, 0.1) is 0 Å². The Morgan fingerprint density at radius 2 is 1.75 bits per heavy atom. The molecule has 1 saturated heterocycles. The molecule has 0 N–H and O–H groups in total. The molecule has 1 aromatic heterocycles. The van der Waals surface area contributed by atoms with Crippen molar-refractivity contribution in [3.8, 4) is 0 Å². The van der Waals surface area contributed by atoms with Gasteiger partial charge in [0.25, 0.3) is 0 Å². The minimum absolute atomic E-state index is 0.0588. The van der Waals surface area contributed by atoms with Crippen LogP contribution in [0.15, 0.2) is 64.0 Å². The van der Waals surface area contributed by atoms with Crippen LogP contribution in [0.1, 0.15) is 24.8 Å². The van der Waals surface area contributed by atoms with Gasteiger partial charge >= 0.3 is 0 Å². The lowest BCUT2D eigenvalue weighted by Crippen LogP contribution is -2.29. The summed E-state index contributed by atoms with van der Waals surface area (Å²) in [5, 5.41) is 0.746. The maximum atomic E-state index is 12.2. The Morgan fingerprint density at radius 3 is 2.50 bits per heavy atom. The van der Waals surface area contributed by atoms with Crippen molar-refractivity contribution in [2.24, 2.45) is 0 Å². The van der Waals surface area contributed by atoms with E-state index in [4.69, 9.17) is 0 Å². The van der Waals surface area contributed by atoms with E-state index < -0.39 is 0 Å². The summed E-state index contributed by atoms with van der Waals surface area (Å²) in [5.74, 6) is 0. The second-order valence-corrected chi connectivity index (χ2v) is 8.51. The number of aromatic nitrogens is 1. The SMILES string of the molecule is CN(Cc1ccc(N2CCCCC2)cc1)Cn1ccc(=O)c2cccc(Br)c21. The first-order valence-corrected chi connectivity index (χ1v) is 10.7. The Morgan fingerprint density at radius 1 is 1.00 bits per heavy atom. The monoisotopic (exact) mass is 439 g/mol. The Kier molecular flexibility index (Phi) is 5.83. The number of piperidine rings is 1. The van der Waals surface area contributed by atoms with Gasteiger partial charge in [-0.1, -0.05) is 18.2 Å². The van der Waals surface area contributed by atoms with Gasteiger partial charge in [0.05, 0.1) is 12.2 Å². The number of pyridine rings is 1. The van der Waals surface area contributed by atoms with Crippen LogP contribution in [0.25, 0.3) is 10.9 Å². The number of fused-ring (bicyclic) bond motifs is 1. The summed E-state index contributed by atoms with van der Waals surface area (Å²) in [7, 11) is 2.11. The van der Waals surface area contributed by atoms with Crippen LogP contribution in [0.5, 0.6) is 0 Å². The summed E-state index contributed by atoms with van der Waals surface area (Å²) in [6.07, 6.45) is 5.83. The smallest absolute Gasteiger partial charge is 0.189 e. The van der Waals surface area contributed by atoms with Gasteiger partial charge in [-0.25, -0.2) is 0 Å². The summed E-state index contributed by atoms with van der Waals surface area (Å²) < 4.78 is 3.07. The molecule has 1 aliphatic heterocycles. The van der Waals surface area contributed by atoms with Crippen molar-refractivity contribution >= 4 is 32.5 Å². The van der Waals surface area contributed by atoms with Crippen molar-refractivity contribution in [2.45, 2.75) is 32.5 Å². The first kappa shape index (κ1) is 19.2. The highest BCUT2D eigenvalue weighted by molar-refractivity contribution is 9.10. The Hall–Kier alpha value is -2.11. The third kappa shape index (κ3) is 4.15. The molecule has 0 unspecified atom stereocenters. The molecule has 3 aromatic rings. The van der Waals surface area contributed by atoms with Gasteiger partial charge in [0.15, 0.2) is 5.43 Å². The fourth-order valence-electron chi connectivity index (χ4n) is 4.03. The van der Waals surface area contributed by atoms with Crippen molar-refractivity contribution in [3.63, 3.8) is 0 Å². The summed E-state index contributed by atoms with van der Waals surface area (Å²) in [5.41, 5.74) is 3.64. The van der Waals surface area contributed by atoms with E-state index in [-0.39, 0.29) is 5.43 Å². The molecule has 0 radical (unpaired) electrons. The first-order valence-electron chi connectivity index (χ1n) is 9.92. The van der Waals surface area contributed by atoms with Gasteiger partial charge < -0.3 is 9.47 Å². The molecule has 0 spiro atoms. The van der Waals surface area contributed by atoms with E-state index in [9.17, 15) is 4.79 Å². The summed E-state index contributed by atoms with van der Waals surface area (Å²) in [4.78, 5) is 16.9. The fraction of sp³-hybridized carbons (Fsp3) is 0.348. The van der Waals surface area contributed by atoms with Crippen LogP contribution in [0.2, 0.25) is 0 Å².